The number of nitro benzene ring substituents is 3. The average Bonchev–Trinajstić information content (AvgIpc) is 3.05. The van der Waals surface area contributed by atoms with Crippen LogP contribution in [0.15, 0.2) is 54.6 Å². The summed E-state index contributed by atoms with van der Waals surface area (Å²) in [6.07, 6.45) is 0.893. The molecule has 284 valence electrons. The molecule has 0 aliphatic carbocycles. The molecule has 0 bridgehead atoms. The number of aldehydes is 2. The molecular formula is C25H24Br6N3NaO16S. The molecule has 4 N–H and O–H groups in total. The third kappa shape index (κ3) is 27.9. The fraction of sp³-hybridized carbons (Fsp3) is 0.160. The van der Waals surface area contributed by atoms with E-state index in [1.807, 2.05) is 13.8 Å². The molecule has 0 atom stereocenters. The quantitative estimate of drug-likeness (QED) is 0.0606. The molecule has 0 unspecified atom stereocenters. The standard InChI is InChI=1S/C8H5Br4NO2.C8H5NO4.C8H9NO2.CH2O3.Br2.Na.H2O4S.H2O/c9-7(10)5-2-1-4(13(14)15)3-6(5)8(11)12;10-4-6-1-2-8(9(12)13)3-7(6)5-11;1-6-3-4-8(9(10)11)5-7(6)2;2-1-4-3;1-2;;1-5(2,3)4;/h1-3,7-8H;1-5H;3-5H,1-2H3;1,3H;;;(H2,1,2,3,4);1H2/q;;;;;+1;;/p-1. The predicted octanol–water partition coefficient (Wildman–Crippen LogP) is 4.26. The molecule has 19 nitrogen and oxygen atoms in total. The van der Waals surface area contributed by atoms with Gasteiger partial charge in [0.15, 0.2) is 12.6 Å². The van der Waals surface area contributed by atoms with E-state index in [9.17, 15) is 39.9 Å². The zero-order valence-electron chi connectivity index (χ0n) is 26.3. The Morgan fingerprint density at radius 1 is 0.673 bits per heavy atom. The van der Waals surface area contributed by atoms with Gasteiger partial charge in [0.25, 0.3) is 23.5 Å². The van der Waals surface area contributed by atoms with E-state index in [1.54, 1.807) is 24.3 Å². The Morgan fingerprint density at radius 3 is 1.35 bits per heavy atom. The second kappa shape index (κ2) is 32.7. The number of non-ortho nitro benzene ring substituents is 3. The Balaban J connectivity index is -0.000000184. The zero-order chi connectivity index (χ0) is 39.8. The molecule has 0 amide bonds. The Kier molecular flexibility index (Phi) is 37.5. The maximum atomic E-state index is 10.6. The van der Waals surface area contributed by atoms with Gasteiger partial charge in [0.05, 0.1) is 22.2 Å². The van der Waals surface area contributed by atoms with Gasteiger partial charge in [-0.15, -0.1) is 0 Å². The van der Waals surface area contributed by atoms with Crippen LogP contribution in [0.1, 0.15) is 50.4 Å². The number of rotatable bonds is 8. The molecule has 0 saturated carbocycles. The van der Waals surface area contributed by atoms with Crippen molar-refractivity contribution in [2.75, 3.05) is 0 Å². The fourth-order valence-corrected chi connectivity index (χ4v) is 4.41. The van der Waals surface area contributed by atoms with E-state index in [1.165, 1.54) is 24.3 Å². The minimum atomic E-state index is -4.67. The number of nitro groups is 3. The normalized spacial score (nSPS) is 9.17. The van der Waals surface area contributed by atoms with Gasteiger partial charge in [0.1, 0.15) is 0 Å². The summed E-state index contributed by atoms with van der Waals surface area (Å²) >= 11 is 18.9. The number of benzene rings is 3. The van der Waals surface area contributed by atoms with Crippen molar-refractivity contribution >= 4 is 138 Å². The molecular weight excluding hydrogens is 1130 g/mol. The number of carbonyl (C=O) groups excluding carboxylic acids is 3. The number of aryl methyl sites for hydroxylation is 2. The molecule has 3 aromatic carbocycles. The van der Waals surface area contributed by atoms with Crippen molar-refractivity contribution in [2.45, 2.75) is 21.3 Å². The summed E-state index contributed by atoms with van der Waals surface area (Å²) in [5, 5.41) is 39.6. The first-order valence-corrected chi connectivity index (χ1v) is 20.7. The van der Waals surface area contributed by atoms with Crippen LogP contribution < -0.4 is 34.8 Å². The van der Waals surface area contributed by atoms with Crippen molar-refractivity contribution in [1.82, 2.24) is 0 Å². The number of hydrogen-bond acceptors (Lipinski definition) is 13. The molecule has 0 saturated heterocycles. The monoisotopic (exact) mass is 1150 g/mol. The van der Waals surface area contributed by atoms with Crippen molar-refractivity contribution in [3.05, 3.63) is 118 Å². The van der Waals surface area contributed by atoms with Crippen molar-refractivity contribution in [1.29, 1.82) is 0 Å². The molecule has 0 aliphatic heterocycles. The topological polar surface area (TPSA) is 319 Å². The van der Waals surface area contributed by atoms with Crippen molar-refractivity contribution in [3.8, 4) is 0 Å². The summed E-state index contributed by atoms with van der Waals surface area (Å²) in [7, 11) is -4.67. The van der Waals surface area contributed by atoms with Crippen LogP contribution in [0.3, 0.4) is 0 Å². The minimum Gasteiger partial charge on any atom is -0.662 e. The van der Waals surface area contributed by atoms with E-state index in [0.29, 0.717) is 12.6 Å². The van der Waals surface area contributed by atoms with Gasteiger partial charge in [-0.2, -0.15) is 8.42 Å². The van der Waals surface area contributed by atoms with E-state index < -0.39 is 20.2 Å². The smallest absolute Gasteiger partial charge is 0.662 e. The zero-order valence-corrected chi connectivity index (χ0v) is 38.6. The SMILES string of the molecule is BrBr.Cc1ccc([N+](=O)[O-])cc1C.O.O=CO[O-].O=Cc1ccc([N+](=O)[O-])cc1C=O.O=S(=O)(O)O.O=[N+]([O-])c1ccc(C(Br)Br)c(C(Br)Br)c1.[Na+]. The van der Waals surface area contributed by atoms with Gasteiger partial charge in [-0.3, -0.25) is 53.8 Å². The van der Waals surface area contributed by atoms with Gasteiger partial charge in [-0.25, -0.2) is 0 Å². The van der Waals surface area contributed by atoms with Crippen LogP contribution in [0, 0.1) is 44.2 Å². The molecule has 0 aromatic heterocycles. The minimum absolute atomic E-state index is 0. The summed E-state index contributed by atoms with van der Waals surface area (Å²) in [4.78, 5) is 61.7. The number of halogens is 6. The third-order valence-electron chi connectivity index (χ3n) is 5.03. The second-order valence-electron chi connectivity index (χ2n) is 8.14. The summed E-state index contributed by atoms with van der Waals surface area (Å²) in [6.45, 7) is 3.61. The average molecular weight is 1160 g/mol. The third-order valence-corrected chi connectivity index (χ3v) is 7.00. The van der Waals surface area contributed by atoms with Gasteiger partial charge >= 0.3 is 40.0 Å². The van der Waals surface area contributed by atoms with Crippen LogP contribution in [0.2, 0.25) is 0 Å². The van der Waals surface area contributed by atoms with Crippen LogP contribution in [-0.2, 0) is 20.1 Å². The maximum absolute atomic E-state index is 10.6. The van der Waals surface area contributed by atoms with Gasteiger partial charge in [0, 0.05) is 75.8 Å². The Hall–Kier alpha value is -1.66. The summed E-state index contributed by atoms with van der Waals surface area (Å²) in [5.41, 5.74) is 4.03. The molecule has 0 heterocycles. The second-order valence-corrected chi connectivity index (χ2v) is 15.2. The van der Waals surface area contributed by atoms with Crippen molar-refractivity contribution < 1.29 is 91.9 Å². The molecule has 3 aromatic rings. The van der Waals surface area contributed by atoms with Crippen LogP contribution >= 0.6 is 92.0 Å². The Labute approximate surface area is 366 Å². The van der Waals surface area contributed by atoms with E-state index in [4.69, 9.17) is 27.6 Å². The van der Waals surface area contributed by atoms with Crippen LogP contribution in [0.5, 0.6) is 0 Å². The van der Waals surface area contributed by atoms with Gasteiger partial charge in [0.2, 0.25) is 0 Å². The summed E-state index contributed by atoms with van der Waals surface area (Å²) < 4.78 is 31.4. The predicted molar refractivity (Wildman–Crippen MR) is 204 cm³/mol. The summed E-state index contributed by atoms with van der Waals surface area (Å²) in [5.74, 6) is 0. The first-order valence-electron chi connectivity index (χ1n) is 12.0. The van der Waals surface area contributed by atoms with E-state index in [-0.39, 0.29) is 82.1 Å². The Bertz CT molecular complexity index is 1700. The van der Waals surface area contributed by atoms with Crippen LogP contribution in [-0.4, -0.2) is 56.8 Å². The molecule has 0 fully saturated rings. The molecule has 0 aliphatic rings. The first kappa shape index (κ1) is 59.6. The molecule has 0 spiro atoms. The maximum Gasteiger partial charge on any atom is 1.00 e. The van der Waals surface area contributed by atoms with E-state index in [2.05, 4.69) is 96.9 Å². The number of alkyl halides is 4. The van der Waals surface area contributed by atoms with Crippen LogP contribution in [0.25, 0.3) is 0 Å². The van der Waals surface area contributed by atoms with Gasteiger partial charge < -0.3 is 15.6 Å². The van der Waals surface area contributed by atoms with Crippen molar-refractivity contribution in [3.63, 3.8) is 0 Å². The molecule has 3 rings (SSSR count). The van der Waals surface area contributed by atoms with E-state index in [0.717, 1.165) is 28.3 Å². The number of hydrogen-bond donors (Lipinski definition) is 2. The molecule has 52 heavy (non-hydrogen) atoms. The van der Waals surface area contributed by atoms with E-state index >= 15 is 0 Å². The number of nitrogens with zero attached hydrogens (tertiary/aromatic N) is 3. The summed E-state index contributed by atoms with van der Waals surface area (Å²) in [6, 6.07) is 13.1. The molecule has 27 heteroatoms. The number of carbonyl (C=O) groups is 3. The Morgan fingerprint density at radius 2 is 1.02 bits per heavy atom. The fourth-order valence-electron chi connectivity index (χ4n) is 2.79. The molecule has 0 radical (unpaired) electrons. The van der Waals surface area contributed by atoms with Gasteiger partial charge in [-0.1, -0.05) is 69.8 Å². The first-order chi connectivity index (χ1) is 23.1. The van der Waals surface area contributed by atoms with Crippen molar-refractivity contribution in [2.24, 2.45) is 0 Å². The largest absolute Gasteiger partial charge is 1.00 e. The van der Waals surface area contributed by atoms with Crippen LogP contribution in [0.4, 0.5) is 17.1 Å². The van der Waals surface area contributed by atoms with Gasteiger partial charge in [-0.05, 0) is 48.2 Å².